The summed E-state index contributed by atoms with van der Waals surface area (Å²) in [6.45, 7) is 3.90. The van der Waals surface area contributed by atoms with Crippen LogP contribution >= 0.6 is 11.8 Å². The molecule has 4 rings (SSSR count). The molecule has 172 valence electrons. The van der Waals surface area contributed by atoms with Crippen LogP contribution in [0.2, 0.25) is 0 Å². The molecule has 1 N–H and O–H groups in total. The number of hydrogen-bond acceptors (Lipinski definition) is 6. The normalized spacial score (nSPS) is 13.4. The topological polar surface area (TPSA) is 76.2 Å². The molecule has 0 spiro atoms. The van der Waals surface area contributed by atoms with E-state index < -0.39 is 0 Å². The standard InChI is InChI=1S/C24H26FN5O2S/c1-15(21-13-17-7-5-6-8-20(17)32-21)26-22(31)14-33-24-28-27-23(16(2)29(3)4)30(24)19-11-9-18(25)10-12-19/h5-13,15-16H,14H2,1-4H3,(H,26,31). The van der Waals surface area contributed by atoms with Gasteiger partial charge >= 0.3 is 0 Å². The Balaban J connectivity index is 1.49. The maximum atomic E-state index is 13.5. The van der Waals surface area contributed by atoms with Gasteiger partial charge in [0.15, 0.2) is 11.0 Å². The lowest BCUT2D eigenvalue weighted by molar-refractivity contribution is -0.119. The fraction of sp³-hybridized carbons (Fsp3) is 0.292. The molecule has 2 atom stereocenters. The highest BCUT2D eigenvalue weighted by molar-refractivity contribution is 7.99. The number of rotatable bonds is 8. The summed E-state index contributed by atoms with van der Waals surface area (Å²) in [4.78, 5) is 14.7. The van der Waals surface area contributed by atoms with Gasteiger partial charge in [0.25, 0.3) is 0 Å². The number of nitrogens with zero attached hydrogens (tertiary/aromatic N) is 4. The Kier molecular flexibility index (Phi) is 6.80. The Hall–Kier alpha value is -3.17. The van der Waals surface area contributed by atoms with Gasteiger partial charge in [-0.2, -0.15) is 0 Å². The van der Waals surface area contributed by atoms with Crippen LogP contribution in [0.3, 0.4) is 0 Å². The first-order valence-electron chi connectivity index (χ1n) is 10.6. The van der Waals surface area contributed by atoms with E-state index in [9.17, 15) is 9.18 Å². The van der Waals surface area contributed by atoms with Crippen LogP contribution in [0.25, 0.3) is 16.7 Å². The number of fused-ring (bicyclic) bond motifs is 1. The van der Waals surface area contributed by atoms with Crippen LogP contribution < -0.4 is 5.32 Å². The van der Waals surface area contributed by atoms with E-state index in [4.69, 9.17) is 4.42 Å². The predicted octanol–water partition coefficient (Wildman–Crippen LogP) is 4.74. The predicted molar refractivity (Wildman–Crippen MR) is 127 cm³/mol. The van der Waals surface area contributed by atoms with Crippen LogP contribution in [-0.4, -0.2) is 45.4 Å². The van der Waals surface area contributed by atoms with Crippen molar-refractivity contribution in [3.8, 4) is 5.69 Å². The number of halogens is 1. The van der Waals surface area contributed by atoms with Crippen LogP contribution in [0.15, 0.2) is 64.2 Å². The third kappa shape index (κ3) is 5.09. The minimum atomic E-state index is -0.317. The first-order chi connectivity index (χ1) is 15.8. The molecule has 1 amide bonds. The van der Waals surface area contributed by atoms with Crippen LogP contribution in [-0.2, 0) is 4.79 Å². The van der Waals surface area contributed by atoms with Crippen molar-refractivity contribution < 1.29 is 13.6 Å². The molecule has 7 nitrogen and oxygen atoms in total. The van der Waals surface area contributed by atoms with Gasteiger partial charge in [0.2, 0.25) is 5.91 Å². The van der Waals surface area contributed by atoms with Gasteiger partial charge in [-0.15, -0.1) is 10.2 Å². The maximum absolute atomic E-state index is 13.5. The third-order valence-electron chi connectivity index (χ3n) is 5.47. The second-order valence-corrected chi connectivity index (χ2v) is 9.00. The SMILES string of the molecule is CC(NC(=O)CSc1nnc(C(C)N(C)C)n1-c1ccc(F)cc1)c1cc2ccccc2o1. The molecule has 33 heavy (non-hydrogen) atoms. The Morgan fingerprint density at radius 2 is 1.88 bits per heavy atom. The van der Waals surface area contributed by atoms with Crippen molar-refractivity contribution in [1.29, 1.82) is 0 Å². The van der Waals surface area contributed by atoms with E-state index in [2.05, 4.69) is 15.5 Å². The van der Waals surface area contributed by atoms with E-state index in [-0.39, 0.29) is 29.6 Å². The lowest BCUT2D eigenvalue weighted by Gasteiger charge is -2.20. The van der Waals surface area contributed by atoms with Gasteiger partial charge in [-0.05, 0) is 64.3 Å². The highest BCUT2D eigenvalue weighted by Gasteiger charge is 2.22. The van der Waals surface area contributed by atoms with Crippen molar-refractivity contribution in [1.82, 2.24) is 25.0 Å². The molecular weight excluding hydrogens is 441 g/mol. The van der Waals surface area contributed by atoms with Crippen LogP contribution in [0, 0.1) is 5.82 Å². The number of benzene rings is 2. The third-order valence-corrected chi connectivity index (χ3v) is 6.40. The zero-order valence-electron chi connectivity index (χ0n) is 18.9. The van der Waals surface area contributed by atoms with Gasteiger partial charge in [0, 0.05) is 11.1 Å². The van der Waals surface area contributed by atoms with E-state index in [1.54, 1.807) is 12.1 Å². The molecule has 0 aliphatic heterocycles. The molecule has 0 fully saturated rings. The molecule has 9 heteroatoms. The number of hydrogen-bond donors (Lipinski definition) is 1. The first kappa shape index (κ1) is 23.0. The fourth-order valence-corrected chi connectivity index (χ4v) is 4.18. The van der Waals surface area contributed by atoms with Gasteiger partial charge in [0.1, 0.15) is 17.2 Å². The van der Waals surface area contributed by atoms with Gasteiger partial charge in [-0.25, -0.2) is 4.39 Å². The Bertz CT molecular complexity index is 1220. The van der Waals surface area contributed by atoms with Crippen molar-refractivity contribution in [2.75, 3.05) is 19.8 Å². The monoisotopic (exact) mass is 467 g/mol. The summed E-state index contributed by atoms with van der Waals surface area (Å²) in [6.07, 6.45) is 0. The first-order valence-corrected chi connectivity index (χ1v) is 11.6. The smallest absolute Gasteiger partial charge is 0.231 e. The van der Waals surface area contributed by atoms with Crippen molar-refractivity contribution in [3.63, 3.8) is 0 Å². The Morgan fingerprint density at radius 1 is 1.15 bits per heavy atom. The zero-order valence-corrected chi connectivity index (χ0v) is 19.8. The Labute approximate surface area is 196 Å². The van der Waals surface area contributed by atoms with Gasteiger partial charge in [-0.1, -0.05) is 30.0 Å². The lowest BCUT2D eigenvalue weighted by atomic mass is 10.2. The van der Waals surface area contributed by atoms with Crippen molar-refractivity contribution in [3.05, 3.63) is 72.0 Å². The highest BCUT2D eigenvalue weighted by atomic mass is 32.2. The molecule has 0 radical (unpaired) electrons. The van der Waals surface area contributed by atoms with E-state index >= 15 is 0 Å². The molecule has 0 saturated carbocycles. The number of carbonyl (C=O) groups is 1. The molecule has 2 aromatic heterocycles. The zero-order chi connectivity index (χ0) is 23.5. The summed E-state index contributed by atoms with van der Waals surface area (Å²) in [6, 6.07) is 15.5. The van der Waals surface area contributed by atoms with Gasteiger partial charge in [-0.3, -0.25) is 14.3 Å². The number of nitrogens with one attached hydrogen (secondary N) is 1. The van der Waals surface area contributed by atoms with Crippen LogP contribution in [0.5, 0.6) is 0 Å². The number of amides is 1. The molecule has 2 heterocycles. The number of thioether (sulfide) groups is 1. The fourth-order valence-electron chi connectivity index (χ4n) is 3.41. The molecule has 0 aliphatic carbocycles. The van der Waals surface area contributed by atoms with E-state index in [1.165, 1.54) is 23.9 Å². The van der Waals surface area contributed by atoms with E-state index in [0.29, 0.717) is 16.7 Å². The largest absolute Gasteiger partial charge is 0.459 e. The summed E-state index contributed by atoms with van der Waals surface area (Å²) < 4.78 is 21.2. The highest BCUT2D eigenvalue weighted by Crippen LogP contribution is 2.27. The lowest BCUT2D eigenvalue weighted by Crippen LogP contribution is -2.28. The molecule has 0 aliphatic rings. The van der Waals surface area contributed by atoms with E-state index in [1.807, 2.05) is 67.7 Å². The van der Waals surface area contributed by atoms with Crippen LogP contribution in [0.1, 0.15) is 37.5 Å². The summed E-state index contributed by atoms with van der Waals surface area (Å²) in [5, 5.41) is 13.2. The number of carbonyl (C=O) groups excluding carboxylic acids is 1. The number of aromatic nitrogens is 3. The molecule has 2 aromatic carbocycles. The van der Waals surface area contributed by atoms with E-state index in [0.717, 1.165) is 16.7 Å². The average molecular weight is 468 g/mol. The number of furan rings is 1. The molecular formula is C24H26FN5O2S. The van der Waals surface area contributed by atoms with Crippen molar-refractivity contribution in [2.24, 2.45) is 0 Å². The summed E-state index contributed by atoms with van der Waals surface area (Å²) in [5.41, 5.74) is 1.53. The molecule has 0 saturated heterocycles. The maximum Gasteiger partial charge on any atom is 0.231 e. The molecule has 0 bridgehead atoms. The molecule has 4 aromatic rings. The van der Waals surface area contributed by atoms with Gasteiger partial charge < -0.3 is 9.73 Å². The summed E-state index contributed by atoms with van der Waals surface area (Å²) in [5.74, 6) is 1.10. The van der Waals surface area contributed by atoms with Crippen molar-refractivity contribution >= 4 is 28.6 Å². The van der Waals surface area contributed by atoms with Gasteiger partial charge in [0.05, 0.1) is 17.8 Å². The summed E-state index contributed by atoms with van der Waals surface area (Å²) >= 11 is 1.28. The van der Waals surface area contributed by atoms with Crippen molar-refractivity contribution in [2.45, 2.75) is 31.1 Å². The second kappa shape index (κ2) is 9.76. The average Bonchev–Trinajstić information content (AvgIpc) is 3.42. The Morgan fingerprint density at radius 3 is 2.58 bits per heavy atom. The minimum absolute atomic E-state index is 0.0289. The molecule has 2 unspecified atom stereocenters. The summed E-state index contributed by atoms with van der Waals surface area (Å²) in [7, 11) is 3.90. The minimum Gasteiger partial charge on any atom is -0.459 e. The second-order valence-electron chi connectivity index (χ2n) is 8.06. The quantitative estimate of drug-likeness (QED) is 0.377. The van der Waals surface area contributed by atoms with Crippen LogP contribution in [0.4, 0.5) is 4.39 Å². The number of para-hydroxylation sites is 1.